The average Bonchev–Trinajstić information content (AvgIpc) is 3.16. The number of rotatable bonds is 7. The lowest BCUT2D eigenvalue weighted by molar-refractivity contribution is -0.132. The van der Waals surface area contributed by atoms with Gasteiger partial charge in [-0.3, -0.25) is 14.3 Å². The third-order valence-corrected chi connectivity index (χ3v) is 6.19. The molecule has 0 aliphatic carbocycles. The third-order valence-electron chi connectivity index (χ3n) is 6.19. The van der Waals surface area contributed by atoms with Crippen molar-refractivity contribution in [1.82, 2.24) is 20.0 Å². The fourth-order valence-electron chi connectivity index (χ4n) is 4.37. The van der Waals surface area contributed by atoms with Crippen LogP contribution in [0.4, 0.5) is 0 Å². The Kier molecular flexibility index (Phi) is 7.07. The highest BCUT2D eigenvalue weighted by atomic mass is 16.5. The van der Waals surface area contributed by atoms with Gasteiger partial charge in [0.25, 0.3) is 0 Å². The van der Waals surface area contributed by atoms with Crippen LogP contribution in [0.25, 0.3) is 11.1 Å². The van der Waals surface area contributed by atoms with Gasteiger partial charge in [0.1, 0.15) is 5.75 Å². The predicted octanol–water partition coefficient (Wildman–Crippen LogP) is 3.07. The Morgan fingerprint density at radius 1 is 1.12 bits per heavy atom. The molecule has 1 unspecified atom stereocenters. The summed E-state index contributed by atoms with van der Waals surface area (Å²) in [4.78, 5) is 27.6. The minimum absolute atomic E-state index is 0.0111. The number of carbonyl (C=O) groups is 2. The van der Waals surface area contributed by atoms with Crippen LogP contribution in [0.2, 0.25) is 0 Å². The van der Waals surface area contributed by atoms with Gasteiger partial charge in [-0.25, -0.2) is 0 Å². The first-order valence-corrected chi connectivity index (χ1v) is 11.3. The van der Waals surface area contributed by atoms with E-state index in [1.54, 1.807) is 13.3 Å². The molecule has 1 atom stereocenters. The van der Waals surface area contributed by atoms with Crippen LogP contribution in [-0.4, -0.2) is 53.2 Å². The summed E-state index contributed by atoms with van der Waals surface area (Å²) < 4.78 is 7.39. The predicted molar refractivity (Wildman–Crippen MR) is 127 cm³/mol. The van der Waals surface area contributed by atoms with Gasteiger partial charge in [-0.1, -0.05) is 42.5 Å². The summed E-state index contributed by atoms with van der Waals surface area (Å²) in [6, 6.07) is 17.9. The topological polar surface area (TPSA) is 76.5 Å². The molecule has 0 bridgehead atoms. The Hall–Kier alpha value is -3.61. The standard InChI is InChI=1S/C26H30N4O3/c1-19-11-13-28-30(19)15-12-25(31)29-16-14-27-26(32)21(18-29)17-20-7-3-4-8-22(20)23-9-5-6-10-24(23)33-2/h3-11,13,21H,12,14-18H2,1-2H3,(H,27,32). The number of aromatic nitrogens is 2. The van der Waals surface area contributed by atoms with Crippen molar-refractivity contribution in [3.05, 3.63) is 72.1 Å². The molecule has 1 saturated heterocycles. The molecule has 2 heterocycles. The number of methoxy groups -OCH3 is 1. The zero-order valence-electron chi connectivity index (χ0n) is 19.2. The SMILES string of the molecule is COc1ccccc1-c1ccccc1CC1CN(C(=O)CCn2nccc2C)CCNC1=O. The molecule has 3 aromatic rings. The maximum absolute atomic E-state index is 13.0. The van der Waals surface area contributed by atoms with Crippen molar-refractivity contribution in [2.75, 3.05) is 26.7 Å². The van der Waals surface area contributed by atoms with Crippen molar-refractivity contribution < 1.29 is 14.3 Å². The maximum Gasteiger partial charge on any atom is 0.225 e. The van der Waals surface area contributed by atoms with Gasteiger partial charge in [0.05, 0.1) is 13.0 Å². The number of nitrogens with one attached hydrogen (secondary N) is 1. The summed E-state index contributed by atoms with van der Waals surface area (Å²) >= 11 is 0. The van der Waals surface area contributed by atoms with E-state index in [9.17, 15) is 9.59 Å². The molecule has 4 rings (SSSR count). The zero-order valence-corrected chi connectivity index (χ0v) is 19.2. The molecular formula is C26H30N4O3. The number of amides is 2. The second-order valence-electron chi connectivity index (χ2n) is 8.33. The first-order chi connectivity index (χ1) is 16.1. The highest BCUT2D eigenvalue weighted by molar-refractivity contribution is 5.83. The van der Waals surface area contributed by atoms with Crippen LogP contribution in [-0.2, 0) is 22.6 Å². The highest BCUT2D eigenvalue weighted by Crippen LogP contribution is 2.33. The Morgan fingerprint density at radius 3 is 2.64 bits per heavy atom. The van der Waals surface area contributed by atoms with Crippen LogP contribution in [0.15, 0.2) is 60.8 Å². The van der Waals surface area contributed by atoms with Gasteiger partial charge in [-0.2, -0.15) is 5.10 Å². The quantitative estimate of drug-likeness (QED) is 0.605. The van der Waals surface area contributed by atoms with Gasteiger partial charge >= 0.3 is 0 Å². The average molecular weight is 447 g/mol. The summed E-state index contributed by atoms with van der Waals surface area (Å²) in [6.07, 6.45) is 2.65. The molecule has 0 radical (unpaired) electrons. The Labute approximate surface area is 194 Å². The molecule has 1 aliphatic heterocycles. The smallest absolute Gasteiger partial charge is 0.225 e. The molecule has 1 aromatic heterocycles. The Morgan fingerprint density at radius 2 is 1.88 bits per heavy atom. The van der Waals surface area contributed by atoms with Crippen LogP contribution in [0.1, 0.15) is 17.7 Å². The van der Waals surface area contributed by atoms with Gasteiger partial charge in [-0.05, 0) is 36.6 Å². The highest BCUT2D eigenvalue weighted by Gasteiger charge is 2.28. The molecular weight excluding hydrogens is 416 g/mol. The summed E-state index contributed by atoms with van der Waals surface area (Å²) in [5, 5.41) is 7.24. The molecule has 1 fully saturated rings. The van der Waals surface area contributed by atoms with E-state index in [2.05, 4.69) is 16.5 Å². The number of ether oxygens (including phenoxy) is 1. The molecule has 1 N–H and O–H groups in total. The van der Waals surface area contributed by atoms with E-state index < -0.39 is 0 Å². The lowest BCUT2D eigenvalue weighted by Gasteiger charge is -2.24. The second-order valence-corrected chi connectivity index (χ2v) is 8.33. The molecule has 7 nitrogen and oxygen atoms in total. The maximum atomic E-state index is 13.0. The summed E-state index contributed by atoms with van der Waals surface area (Å²) in [5.74, 6) is 0.507. The Balaban J connectivity index is 1.51. The zero-order chi connectivity index (χ0) is 23.2. The fraction of sp³-hybridized carbons (Fsp3) is 0.346. The van der Waals surface area contributed by atoms with Crippen LogP contribution < -0.4 is 10.1 Å². The number of nitrogens with zero attached hydrogens (tertiary/aromatic N) is 3. The van der Waals surface area contributed by atoms with Gasteiger partial charge in [0, 0.05) is 50.1 Å². The largest absolute Gasteiger partial charge is 0.496 e. The third kappa shape index (κ3) is 5.25. The van der Waals surface area contributed by atoms with Crippen molar-refractivity contribution in [3.8, 4) is 16.9 Å². The number of aryl methyl sites for hydroxylation is 2. The molecule has 7 heteroatoms. The van der Waals surface area contributed by atoms with Crippen molar-refractivity contribution in [2.45, 2.75) is 26.3 Å². The minimum atomic E-state index is -0.321. The first kappa shape index (κ1) is 22.6. The van der Waals surface area contributed by atoms with Crippen molar-refractivity contribution in [2.24, 2.45) is 5.92 Å². The van der Waals surface area contributed by atoms with Gasteiger partial charge < -0.3 is 15.0 Å². The number of para-hydroxylation sites is 1. The molecule has 0 spiro atoms. The lowest BCUT2D eigenvalue weighted by atomic mass is 9.91. The van der Waals surface area contributed by atoms with Crippen molar-refractivity contribution in [3.63, 3.8) is 0 Å². The lowest BCUT2D eigenvalue weighted by Crippen LogP contribution is -2.37. The number of carbonyl (C=O) groups excluding carboxylic acids is 2. The van der Waals surface area contributed by atoms with Gasteiger partial charge in [0.15, 0.2) is 0 Å². The number of hydrogen-bond acceptors (Lipinski definition) is 4. The van der Waals surface area contributed by atoms with Crippen molar-refractivity contribution >= 4 is 11.8 Å². The van der Waals surface area contributed by atoms with Crippen LogP contribution in [0.5, 0.6) is 5.75 Å². The van der Waals surface area contributed by atoms with Gasteiger partial charge in [0.2, 0.25) is 11.8 Å². The van der Waals surface area contributed by atoms with Crippen LogP contribution in [0.3, 0.4) is 0 Å². The van der Waals surface area contributed by atoms with E-state index in [0.29, 0.717) is 39.0 Å². The molecule has 2 aromatic carbocycles. The normalized spacial score (nSPS) is 16.2. The van der Waals surface area contributed by atoms with E-state index in [4.69, 9.17) is 4.74 Å². The number of benzene rings is 2. The minimum Gasteiger partial charge on any atom is -0.496 e. The molecule has 0 saturated carbocycles. The van der Waals surface area contributed by atoms with E-state index in [0.717, 1.165) is 28.1 Å². The van der Waals surface area contributed by atoms with E-state index in [1.807, 2.05) is 65.0 Å². The molecule has 2 amide bonds. The van der Waals surface area contributed by atoms with E-state index in [1.165, 1.54) is 0 Å². The molecule has 172 valence electrons. The first-order valence-electron chi connectivity index (χ1n) is 11.3. The van der Waals surface area contributed by atoms with Crippen LogP contribution >= 0.6 is 0 Å². The van der Waals surface area contributed by atoms with E-state index >= 15 is 0 Å². The molecule has 1 aliphatic rings. The summed E-state index contributed by atoms with van der Waals surface area (Å²) in [5.41, 5.74) is 4.12. The van der Waals surface area contributed by atoms with E-state index in [-0.39, 0.29) is 17.7 Å². The van der Waals surface area contributed by atoms with Gasteiger partial charge in [-0.15, -0.1) is 0 Å². The monoisotopic (exact) mass is 446 g/mol. The van der Waals surface area contributed by atoms with Crippen molar-refractivity contribution in [1.29, 1.82) is 0 Å². The Bertz CT molecular complexity index is 1120. The van der Waals surface area contributed by atoms with Crippen LogP contribution in [0, 0.1) is 12.8 Å². The number of hydrogen-bond donors (Lipinski definition) is 1. The second kappa shape index (κ2) is 10.3. The fourth-order valence-corrected chi connectivity index (χ4v) is 4.37. The summed E-state index contributed by atoms with van der Waals surface area (Å²) in [6.45, 7) is 3.91. The molecule has 33 heavy (non-hydrogen) atoms. The summed E-state index contributed by atoms with van der Waals surface area (Å²) in [7, 11) is 1.66.